The Morgan fingerprint density at radius 2 is 1.75 bits per heavy atom. The van der Waals surface area contributed by atoms with Gasteiger partial charge in [-0.25, -0.2) is 14.4 Å². The average molecular weight is 448 g/mol. The molecule has 32 heavy (non-hydrogen) atoms. The Labute approximate surface area is 190 Å². The third-order valence-electron chi connectivity index (χ3n) is 5.32. The number of hydrogen-bond donors (Lipinski definition) is 2. The highest BCUT2D eigenvalue weighted by atomic mass is 16.6. The standard InChI is InChI=1S/C24H37N3O5/c1-17(2)15-20(21(28)29)25-22(30)27(16-18-9-7-6-8-10-18)19-11-13-26(14-12-19)23(31)32-24(3,4)5/h6-10,17,19-20H,11-16H2,1-5H3,(H,25,30)(H,28,29)/t20-/m0/s1. The third kappa shape index (κ3) is 8.05. The van der Waals surface area contributed by atoms with Gasteiger partial charge in [-0.2, -0.15) is 0 Å². The molecule has 0 radical (unpaired) electrons. The Kier molecular flexibility index (Phi) is 8.92. The van der Waals surface area contributed by atoms with Crippen molar-refractivity contribution in [3.8, 4) is 0 Å². The number of rotatable bonds is 7. The van der Waals surface area contributed by atoms with Crippen LogP contribution < -0.4 is 5.32 Å². The van der Waals surface area contributed by atoms with E-state index in [4.69, 9.17) is 4.74 Å². The van der Waals surface area contributed by atoms with Crippen molar-refractivity contribution in [2.75, 3.05) is 13.1 Å². The molecule has 0 aliphatic carbocycles. The molecule has 0 spiro atoms. The summed E-state index contributed by atoms with van der Waals surface area (Å²) in [5.74, 6) is -0.900. The predicted molar refractivity (Wildman–Crippen MR) is 122 cm³/mol. The van der Waals surface area contributed by atoms with Crippen molar-refractivity contribution < 1.29 is 24.2 Å². The van der Waals surface area contributed by atoms with E-state index in [1.54, 1.807) is 9.80 Å². The SMILES string of the molecule is CC(C)C[C@H](NC(=O)N(Cc1ccccc1)C1CCN(C(=O)OC(C)(C)C)CC1)C(=O)O. The van der Waals surface area contributed by atoms with Gasteiger partial charge in [-0.1, -0.05) is 44.2 Å². The summed E-state index contributed by atoms with van der Waals surface area (Å²) in [6, 6.07) is 8.18. The fraction of sp³-hybridized carbons (Fsp3) is 0.625. The van der Waals surface area contributed by atoms with E-state index in [2.05, 4.69) is 5.32 Å². The van der Waals surface area contributed by atoms with E-state index < -0.39 is 23.6 Å². The Morgan fingerprint density at radius 1 is 1.16 bits per heavy atom. The number of carbonyl (C=O) groups is 3. The summed E-state index contributed by atoms with van der Waals surface area (Å²) in [4.78, 5) is 40.6. The monoisotopic (exact) mass is 447 g/mol. The molecule has 0 bridgehead atoms. The zero-order chi connectivity index (χ0) is 23.9. The van der Waals surface area contributed by atoms with Crippen molar-refractivity contribution in [2.24, 2.45) is 5.92 Å². The van der Waals surface area contributed by atoms with Crippen molar-refractivity contribution in [2.45, 2.75) is 78.1 Å². The number of aliphatic carboxylic acids is 1. The molecule has 8 nitrogen and oxygen atoms in total. The average Bonchev–Trinajstić information content (AvgIpc) is 2.70. The normalized spacial score (nSPS) is 15.9. The van der Waals surface area contributed by atoms with Gasteiger partial charge in [0.25, 0.3) is 0 Å². The largest absolute Gasteiger partial charge is 0.480 e. The summed E-state index contributed by atoms with van der Waals surface area (Å²) in [5.41, 5.74) is 0.406. The molecule has 178 valence electrons. The van der Waals surface area contributed by atoms with E-state index in [1.165, 1.54) is 0 Å². The van der Waals surface area contributed by atoms with Crippen LogP contribution >= 0.6 is 0 Å². The van der Waals surface area contributed by atoms with E-state index in [-0.39, 0.29) is 18.1 Å². The quantitative estimate of drug-likeness (QED) is 0.656. The van der Waals surface area contributed by atoms with E-state index in [9.17, 15) is 19.5 Å². The molecule has 3 amide bonds. The molecule has 2 N–H and O–H groups in total. The van der Waals surface area contributed by atoms with Crippen molar-refractivity contribution in [3.63, 3.8) is 0 Å². The smallest absolute Gasteiger partial charge is 0.410 e. The van der Waals surface area contributed by atoms with Crippen molar-refractivity contribution in [3.05, 3.63) is 35.9 Å². The number of hydrogen-bond acceptors (Lipinski definition) is 4. The summed E-state index contributed by atoms with van der Waals surface area (Å²) in [7, 11) is 0. The lowest BCUT2D eigenvalue weighted by Crippen LogP contribution is -2.54. The highest BCUT2D eigenvalue weighted by molar-refractivity contribution is 5.82. The molecule has 8 heteroatoms. The first kappa shape index (κ1) is 25.5. The van der Waals surface area contributed by atoms with Gasteiger partial charge >= 0.3 is 18.1 Å². The van der Waals surface area contributed by atoms with Crippen LogP contribution in [0.15, 0.2) is 30.3 Å². The maximum Gasteiger partial charge on any atom is 0.410 e. The fourth-order valence-corrected chi connectivity index (χ4v) is 3.76. The van der Waals surface area contributed by atoms with E-state index in [0.717, 1.165) is 5.56 Å². The van der Waals surface area contributed by atoms with Crippen molar-refractivity contribution in [1.82, 2.24) is 15.1 Å². The fourth-order valence-electron chi connectivity index (χ4n) is 3.76. The van der Waals surface area contributed by atoms with Crippen LogP contribution in [-0.2, 0) is 16.1 Å². The number of urea groups is 1. The molecular formula is C24H37N3O5. The number of nitrogens with zero attached hydrogens (tertiary/aromatic N) is 2. The Bertz CT molecular complexity index is 768. The molecular weight excluding hydrogens is 410 g/mol. The lowest BCUT2D eigenvalue weighted by atomic mass is 10.0. The molecule has 1 atom stereocenters. The second kappa shape index (κ2) is 11.2. The number of benzene rings is 1. The molecule has 1 aromatic rings. The number of nitrogens with one attached hydrogen (secondary N) is 1. The van der Waals surface area contributed by atoms with Crippen LogP contribution in [0.1, 0.15) is 59.4 Å². The number of carbonyl (C=O) groups excluding carboxylic acids is 2. The maximum absolute atomic E-state index is 13.2. The van der Waals surface area contributed by atoms with Crippen molar-refractivity contribution >= 4 is 18.1 Å². The van der Waals surface area contributed by atoms with Crippen LogP contribution in [0.4, 0.5) is 9.59 Å². The number of carboxylic acids is 1. The molecule has 1 aliphatic rings. The molecule has 1 heterocycles. The summed E-state index contributed by atoms with van der Waals surface area (Å²) in [5, 5.41) is 12.3. The molecule has 1 aliphatic heterocycles. The van der Waals surface area contributed by atoms with Gasteiger partial charge in [-0.05, 0) is 51.5 Å². The topological polar surface area (TPSA) is 99.2 Å². The lowest BCUT2D eigenvalue weighted by Gasteiger charge is -2.39. The van der Waals surface area contributed by atoms with Crippen LogP contribution in [0.3, 0.4) is 0 Å². The van der Waals surface area contributed by atoms with Crippen LogP contribution in [0, 0.1) is 5.92 Å². The number of amides is 3. The maximum atomic E-state index is 13.2. The second-order valence-electron chi connectivity index (χ2n) is 9.78. The number of carboxylic acid groups (broad SMARTS) is 1. The Balaban J connectivity index is 2.11. The Morgan fingerprint density at radius 3 is 2.25 bits per heavy atom. The highest BCUT2D eigenvalue weighted by Gasteiger charge is 2.33. The minimum Gasteiger partial charge on any atom is -0.480 e. The lowest BCUT2D eigenvalue weighted by molar-refractivity contribution is -0.139. The van der Waals surface area contributed by atoms with Gasteiger partial charge in [0, 0.05) is 25.7 Å². The zero-order valence-corrected chi connectivity index (χ0v) is 19.8. The van der Waals surface area contributed by atoms with Gasteiger partial charge in [0.15, 0.2) is 0 Å². The summed E-state index contributed by atoms with van der Waals surface area (Å²) < 4.78 is 5.46. The summed E-state index contributed by atoms with van der Waals surface area (Å²) >= 11 is 0. The molecule has 1 saturated heterocycles. The van der Waals surface area contributed by atoms with Crippen LogP contribution in [0.5, 0.6) is 0 Å². The predicted octanol–water partition coefficient (Wildman–Crippen LogP) is 4.10. The van der Waals surface area contributed by atoms with Gasteiger partial charge in [0.05, 0.1) is 0 Å². The van der Waals surface area contributed by atoms with E-state index >= 15 is 0 Å². The van der Waals surface area contributed by atoms with E-state index in [1.807, 2.05) is 65.0 Å². The van der Waals surface area contributed by atoms with Gasteiger partial charge in [-0.3, -0.25) is 0 Å². The minimum atomic E-state index is -1.04. The van der Waals surface area contributed by atoms with E-state index in [0.29, 0.717) is 38.9 Å². The molecule has 0 aromatic heterocycles. The minimum absolute atomic E-state index is 0.109. The number of likely N-dealkylation sites (tertiary alicyclic amines) is 1. The first-order chi connectivity index (χ1) is 15.0. The molecule has 0 saturated carbocycles. The number of piperidine rings is 1. The molecule has 1 fully saturated rings. The molecule has 0 unspecified atom stereocenters. The number of ether oxygens (including phenoxy) is 1. The molecule has 2 rings (SSSR count). The Hall–Kier alpha value is -2.77. The first-order valence-electron chi connectivity index (χ1n) is 11.3. The van der Waals surface area contributed by atoms with Crippen LogP contribution in [0.2, 0.25) is 0 Å². The van der Waals surface area contributed by atoms with Gasteiger partial charge in [-0.15, -0.1) is 0 Å². The second-order valence-corrected chi connectivity index (χ2v) is 9.78. The van der Waals surface area contributed by atoms with Gasteiger partial charge in [0.2, 0.25) is 0 Å². The van der Waals surface area contributed by atoms with Crippen LogP contribution in [0.25, 0.3) is 0 Å². The van der Waals surface area contributed by atoms with Gasteiger partial charge in [0.1, 0.15) is 11.6 Å². The third-order valence-corrected chi connectivity index (χ3v) is 5.32. The highest BCUT2D eigenvalue weighted by Crippen LogP contribution is 2.22. The molecule has 1 aromatic carbocycles. The van der Waals surface area contributed by atoms with Gasteiger partial charge < -0.3 is 25.0 Å². The van der Waals surface area contributed by atoms with Crippen molar-refractivity contribution in [1.29, 1.82) is 0 Å². The summed E-state index contributed by atoms with van der Waals surface area (Å²) in [6.45, 7) is 10.7. The zero-order valence-electron chi connectivity index (χ0n) is 19.8. The van der Waals surface area contributed by atoms with Crippen LogP contribution in [-0.4, -0.2) is 63.8 Å². The summed E-state index contributed by atoms with van der Waals surface area (Å²) in [6.07, 6.45) is 1.21. The first-order valence-corrected chi connectivity index (χ1v) is 11.3.